The van der Waals surface area contributed by atoms with E-state index in [1.165, 1.54) is 42.1 Å². The number of H-pyrrole nitrogens is 1. The van der Waals surface area contributed by atoms with Gasteiger partial charge in [0.2, 0.25) is 11.7 Å². The molecule has 3 aromatic heterocycles. The van der Waals surface area contributed by atoms with E-state index in [0.29, 0.717) is 17.1 Å². The molecule has 0 aliphatic rings. The molecule has 0 aliphatic heterocycles. The zero-order valence-electron chi connectivity index (χ0n) is 24.3. The van der Waals surface area contributed by atoms with Crippen LogP contribution in [0, 0.1) is 0 Å². The molecule has 0 spiro atoms. The molecule has 6 aromatic rings. The Morgan fingerprint density at radius 3 is 2.43 bits per heavy atom. The van der Waals surface area contributed by atoms with E-state index in [9.17, 15) is 22.8 Å². The summed E-state index contributed by atoms with van der Waals surface area (Å²) >= 11 is 6.28. The lowest BCUT2D eigenvalue weighted by atomic mass is 10.0. The summed E-state index contributed by atoms with van der Waals surface area (Å²) in [5.74, 6) is 0.0550. The third kappa shape index (κ3) is 6.74. The SMILES string of the molecule is COc1cn([C@@H](Cc2ccccc2)C(=O)Nc2ccc(-c3nn[nH]n3)cc2)c(=O)cc1-c1cc(Cl)ccc1-n1cc(C(F)(F)F)nn1. The van der Waals surface area contributed by atoms with Crippen molar-refractivity contribution in [3.63, 3.8) is 0 Å². The topological polar surface area (TPSA) is 146 Å². The van der Waals surface area contributed by atoms with E-state index in [4.69, 9.17) is 16.3 Å². The quantitative estimate of drug-likeness (QED) is 0.210. The Morgan fingerprint density at radius 2 is 1.77 bits per heavy atom. The summed E-state index contributed by atoms with van der Waals surface area (Å²) in [5.41, 5.74) is 0.787. The Kier molecular flexibility index (Phi) is 8.54. The average Bonchev–Trinajstić information content (AvgIpc) is 3.78. The molecule has 0 saturated carbocycles. The van der Waals surface area contributed by atoms with Crippen LogP contribution in [0.1, 0.15) is 17.3 Å². The van der Waals surface area contributed by atoms with E-state index in [-0.39, 0.29) is 34.0 Å². The molecule has 47 heavy (non-hydrogen) atoms. The third-order valence-electron chi connectivity index (χ3n) is 7.21. The van der Waals surface area contributed by atoms with E-state index < -0.39 is 29.4 Å². The number of carbonyl (C=O) groups excluding carboxylic acids is 1. The van der Waals surface area contributed by atoms with Crippen LogP contribution >= 0.6 is 11.6 Å². The van der Waals surface area contributed by atoms with Gasteiger partial charge in [-0.05, 0) is 53.2 Å². The molecule has 3 heterocycles. The fraction of sp³-hybridized carbons (Fsp3) is 0.129. The van der Waals surface area contributed by atoms with Gasteiger partial charge in [0.1, 0.15) is 11.8 Å². The number of anilines is 1. The van der Waals surface area contributed by atoms with E-state index in [1.54, 1.807) is 24.3 Å². The molecule has 1 atom stereocenters. The summed E-state index contributed by atoms with van der Waals surface area (Å²) in [6.07, 6.45) is -2.45. The van der Waals surface area contributed by atoms with E-state index in [1.807, 2.05) is 30.3 Å². The summed E-state index contributed by atoms with van der Waals surface area (Å²) in [6, 6.07) is 20.5. The lowest BCUT2D eigenvalue weighted by Crippen LogP contribution is -2.34. The molecule has 0 saturated heterocycles. The van der Waals surface area contributed by atoms with E-state index in [2.05, 4.69) is 36.3 Å². The highest BCUT2D eigenvalue weighted by Crippen LogP contribution is 2.36. The number of nitrogens with zero attached hydrogens (tertiary/aromatic N) is 7. The fourth-order valence-corrected chi connectivity index (χ4v) is 5.12. The first-order valence-corrected chi connectivity index (χ1v) is 14.3. The number of aromatic amines is 1. The van der Waals surface area contributed by atoms with Crippen LogP contribution in [0.15, 0.2) is 96.1 Å². The summed E-state index contributed by atoms with van der Waals surface area (Å²) in [5, 5.41) is 23.8. The standard InChI is InChI=1S/C31H23ClF3N9O3/c1-47-26-16-43(28(45)15-23(26)22-14-20(32)9-12-24(22)44-17-27(37-42-44)31(33,34)35)25(13-18-5-3-2-4-6-18)30(46)36-21-10-7-19(8-11-21)29-38-40-41-39-29/h2-12,14-17,25H,13H2,1H3,(H,36,46)(H,38,39,40,41)/t25-/m0/s1. The fourth-order valence-electron chi connectivity index (χ4n) is 4.95. The number of aromatic nitrogens is 8. The third-order valence-corrected chi connectivity index (χ3v) is 7.44. The molecular formula is C31H23ClF3N9O3. The molecule has 6 rings (SSSR count). The molecule has 0 bridgehead atoms. The van der Waals surface area contributed by atoms with Crippen molar-refractivity contribution in [3.8, 4) is 34.0 Å². The number of ether oxygens (including phenoxy) is 1. The Labute approximate surface area is 268 Å². The van der Waals surface area contributed by atoms with Crippen LogP contribution in [0.3, 0.4) is 0 Å². The molecular weight excluding hydrogens is 639 g/mol. The Balaban J connectivity index is 1.39. The number of pyridine rings is 1. The number of carbonyl (C=O) groups is 1. The number of alkyl halides is 3. The predicted molar refractivity (Wildman–Crippen MR) is 165 cm³/mol. The first-order valence-electron chi connectivity index (χ1n) is 13.9. The van der Waals surface area contributed by atoms with Gasteiger partial charge in [0.05, 0.1) is 25.2 Å². The second-order valence-electron chi connectivity index (χ2n) is 10.2. The minimum absolute atomic E-state index is 0.150. The van der Waals surface area contributed by atoms with Crippen LogP contribution < -0.4 is 15.6 Å². The average molecular weight is 662 g/mol. The number of benzene rings is 3. The first kappa shape index (κ1) is 31.2. The van der Waals surface area contributed by atoms with Gasteiger partial charge >= 0.3 is 6.18 Å². The molecule has 0 fully saturated rings. The molecule has 0 unspecified atom stereocenters. The van der Waals surface area contributed by atoms with Crippen molar-refractivity contribution >= 4 is 23.2 Å². The largest absolute Gasteiger partial charge is 0.495 e. The number of rotatable bonds is 9. The molecule has 3 aromatic carbocycles. The van der Waals surface area contributed by atoms with Gasteiger partial charge in [-0.15, -0.1) is 15.3 Å². The lowest BCUT2D eigenvalue weighted by Gasteiger charge is -2.22. The van der Waals surface area contributed by atoms with Crippen molar-refractivity contribution < 1.29 is 22.7 Å². The zero-order valence-corrected chi connectivity index (χ0v) is 25.1. The van der Waals surface area contributed by atoms with Crippen LogP contribution in [-0.2, 0) is 17.4 Å². The molecule has 16 heteroatoms. The minimum atomic E-state index is -4.71. The second kappa shape index (κ2) is 12.9. The van der Waals surface area contributed by atoms with Gasteiger partial charge in [0.15, 0.2) is 5.69 Å². The molecule has 12 nitrogen and oxygen atoms in total. The zero-order chi connectivity index (χ0) is 33.1. The summed E-state index contributed by atoms with van der Waals surface area (Å²) in [6.45, 7) is 0. The van der Waals surface area contributed by atoms with Crippen molar-refractivity contribution in [1.29, 1.82) is 0 Å². The van der Waals surface area contributed by atoms with Crippen molar-refractivity contribution in [1.82, 2.24) is 40.2 Å². The number of hydrogen-bond acceptors (Lipinski definition) is 8. The molecule has 0 aliphatic carbocycles. The maximum atomic E-state index is 13.8. The Morgan fingerprint density at radius 1 is 1.00 bits per heavy atom. The van der Waals surface area contributed by atoms with Crippen LogP contribution in [-0.4, -0.2) is 53.2 Å². The number of nitrogens with one attached hydrogen (secondary N) is 2. The van der Waals surface area contributed by atoms with E-state index in [0.717, 1.165) is 16.4 Å². The van der Waals surface area contributed by atoms with Crippen molar-refractivity contribution in [2.24, 2.45) is 0 Å². The van der Waals surface area contributed by atoms with Crippen LogP contribution in [0.4, 0.5) is 18.9 Å². The van der Waals surface area contributed by atoms with Crippen LogP contribution in [0.2, 0.25) is 5.02 Å². The second-order valence-corrected chi connectivity index (χ2v) is 10.7. The molecule has 238 valence electrons. The van der Waals surface area contributed by atoms with Crippen LogP contribution in [0.5, 0.6) is 5.75 Å². The maximum absolute atomic E-state index is 13.8. The predicted octanol–water partition coefficient (Wildman–Crippen LogP) is 5.38. The van der Waals surface area contributed by atoms with Crippen molar-refractivity contribution in [2.75, 3.05) is 12.4 Å². The Hall–Kier alpha value is -5.83. The lowest BCUT2D eigenvalue weighted by molar-refractivity contribution is -0.141. The smallest absolute Gasteiger partial charge is 0.436 e. The number of amides is 1. The normalized spacial score (nSPS) is 12.1. The van der Waals surface area contributed by atoms with Gasteiger partial charge < -0.3 is 10.1 Å². The number of halogens is 4. The molecule has 0 radical (unpaired) electrons. The van der Waals surface area contributed by atoms with E-state index >= 15 is 0 Å². The first-order chi connectivity index (χ1) is 22.6. The van der Waals surface area contributed by atoms with Gasteiger partial charge in [-0.1, -0.05) is 47.1 Å². The summed E-state index contributed by atoms with van der Waals surface area (Å²) in [7, 11) is 1.37. The molecule has 2 N–H and O–H groups in total. The highest BCUT2D eigenvalue weighted by molar-refractivity contribution is 6.31. The molecule has 1 amide bonds. The highest BCUT2D eigenvalue weighted by Gasteiger charge is 2.35. The summed E-state index contributed by atoms with van der Waals surface area (Å²) in [4.78, 5) is 27.6. The van der Waals surface area contributed by atoms with Crippen molar-refractivity contribution in [2.45, 2.75) is 18.6 Å². The maximum Gasteiger partial charge on any atom is 0.436 e. The van der Waals surface area contributed by atoms with Gasteiger partial charge in [-0.2, -0.15) is 18.4 Å². The highest BCUT2D eigenvalue weighted by atomic mass is 35.5. The summed E-state index contributed by atoms with van der Waals surface area (Å²) < 4.78 is 47.7. The van der Waals surface area contributed by atoms with Crippen LogP contribution in [0.25, 0.3) is 28.2 Å². The number of hydrogen-bond donors (Lipinski definition) is 2. The van der Waals surface area contributed by atoms with Gasteiger partial charge in [0, 0.05) is 39.9 Å². The van der Waals surface area contributed by atoms with Gasteiger partial charge in [-0.3, -0.25) is 14.2 Å². The monoisotopic (exact) mass is 661 g/mol. The van der Waals surface area contributed by atoms with Crippen molar-refractivity contribution in [3.05, 3.63) is 118 Å². The van der Waals surface area contributed by atoms with Gasteiger partial charge in [0.25, 0.3) is 5.56 Å². The van der Waals surface area contributed by atoms with Gasteiger partial charge in [-0.25, -0.2) is 4.68 Å². The Bertz CT molecular complexity index is 2080. The number of methoxy groups -OCH3 is 1. The number of tetrazole rings is 1. The minimum Gasteiger partial charge on any atom is -0.495 e.